The minimum Gasteiger partial charge on any atom is -0.462 e. The van der Waals surface area contributed by atoms with Crippen molar-refractivity contribution in [3.63, 3.8) is 0 Å². The molecule has 1 unspecified atom stereocenters. The van der Waals surface area contributed by atoms with E-state index in [0.29, 0.717) is 6.42 Å². The van der Waals surface area contributed by atoms with Crippen molar-refractivity contribution in [1.82, 2.24) is 24.6 Å². The Morgan fingerprint density at radius 2 is 1.90 bits per heavy atom. The number of ether oxygens (including phenoxy) is 3. The molecule has 266 valence electrons. The molecule has 0 amide bonds. The van der Waals surface area contributed by atoms with Crippen molar-refractivity contribution in [2.75, 3.05) is 12.3 Å². The zero-order valence-corrected chi connectivity index (χ0v) is 29.1. The van der Waals surface area contributed by atoms with Crippen LogP contribution in [0.5, 0.6) is 5.75 Å². The van der Waals surface area contributed by atoms with E-state index < -0.39 is 62.4 Å². The molecule has 16 heteroatoms. The topological polar surface area (TPSA) is 179 Å². The molecule has 5 atom stereocenters. The first-order valence-corrected chi connectivity index (χ1v) is 17.9. The van der Waals surface area contributed by atoms with Gasteiger partial charge in [-0.25, -0.2) is 9.55 Å². The van der Waals surface area contributed by atoms with Crippen LogP contribution in [0.3, 0.4) is 0 Å². The van der Waals surface area contributed by atoms with Gasteiger partial charge in [0.1, 0.15) is 30.7 Å². The molecule has 49 heavy (non-hydrogen) atoms. The van der Waals surface area contributed by atoms with E-state index in [9.17, 15) is 18.5 Å². The molecule has 0 spiro atoms. The summed E-state index contributed by atoms with van der Waals surface area (Å²) in [5, 5.41) is 2.61. The van der Waals surface area contributed by atoms with E-state index in [1.807, 2.05) is 0 Å². The first-order chi connectivity index (χ1) is 23.4. The third-order valence-corrected chi connectivity index (χ3v) is 9.36. The number of halogens is 1. The third kappa shape index (κ3) is 9.98. The van der Waals surface area contributed by atoms with Crippen LogP contribution in [0.15, 0.2) is 36.7 Å². The van der Waals surface area contributed by atoms with E-state index >= 15 is 0 Å². The molecule has 4 rings (SSSR count). The molecule has 3 N–H and O–H groups in total. The molecule has 0 radical (unpaired) electrons. The maximum atomic E-state index is 14.3. The molecule has 1 aromatic carbocycles. The van der Waals surface area contributed by atoms with Crippen LogP contribution in [0.2, 0.25) is 0 Å². The second-order valence-electron chi connectivity index (χ2n) is 12.1. The van der Waals surface area contributed by atoms with Gasteiger partial charge in [-0.15, -0.1) is 6.42 Å². The predicted molar refractivity (Wildman–Crippen MR) is 178 cm³/mol. The smallest absolute Gasteiger partial charge is 0.459 e. The van der Waals surface area contributed by atoms with E-state index in [-0.39, 0.29) is 35.6 Å². The van der Waals surface area contributed by atoms with Crippen LogP contribution >= 0.6 is 7.75 Å². The van der Waals surface area contributed by atoms with Crippen LogP contribution in [0, 0.1) is 18.4 Å². The van der Waals surface area contributed by atoms with E-state index in [0.717, 1.165) is 32.1 Å². The molecule has 2 aromatic heterocycles. The van der Waals surface area contributed by atoms with Crippen LogP contribution in [0.25, 0.3) is 11.2 Å². The molecule has 3 aromatic rings. The van der Waals surface area contributed by atoms with Gasteiger partial charge in [-0.05, 0) is 39.3 Å². The number of hydrogen-bond donors (Lipinski definition) is 2. The van der Waals surface area contributed by atoms with Crippen molar-refractivity contribution in [3.05, 3.63) is 42.7 Å². The number of carbonyl (C=O) groups is 2. The maximum Gasteiger partial charge on any atom is 0.459 e. The number of aromatic nitrogens is 4. The molecule has 3 heterocycles. The highest BCUT2D eigenvalue weighted by atomic mass is 31.2. The molecule has 1 saturated heterocycles. The number of hydrogen-bond acceptors (Lipinski definition) is 12. The van der Waals surface area contributed by atoms with Crippen molar-refractivity contribution in [1.29, 1.82) is 0 Å². The molecule has 0 aliphatic carbocycles. The molecule has 1 aliphatic rings. The number of fused-ring (bicyclic) bond motifs is 1. The van der Waals surface area contributed by atoms with E-state index in [2.05, 4.69) is 32.9 Å². The third-order valence-electron chi connectivity index (χ3n) is 7.74. The number of para-hydroxylation sites is 1. The van der Waals surface area contributed by atoms with Crippen molar-refractivity contribution in [3.8, 4) is 18.1 Å². The summed E-state index contributed by atoms with van der Waals surface area (Å²) in [5.41, 5.74) is 4.19. The van der Waals surface area contributed by atoms with E-state index in [4.69, 9.17) is 35.4 Å². The minimum absolute atomic E-state index is 0.0261. The lowest BCUT2D eigenvalue weighted by atomic mass is 9.98. The number of nitrogens with one attached hydrogen (secondary N) is 1. The maximum absolute atomic E-state index is 14.3. The fraction of sp³-hybridized carbons (Fsp3) is 0.545. The monoisotopic (exact) mass is 702 g/mol. The lowest BCUT2D eigenvalue weighted by Gasteiger charge is -2.31. The van der Waals surface area contributed by atoms with Crippen molar-refractivity contribution in [2.45, 2.75) is 109 Å². The lowest BCUT2D eigenvalue weighted by molar-refractivity contribution is -0.158. The summed E-state index contributed by atoms with van der Waals surface area (Å²) >= 11 is 0. The van der Waals surface area contributed by atoms with Gasteiger partial charge in [0.25, 0.3) is 0 Å². The van der Waals surface area contributed by atoms with E-state index in [1.54, 1.807) is 44.2 Å². The number of terminal acetylenes is 1. The summed E-state index contributed by atoms with van der Waals surface area (Å²) in [6.07, 6.45) is 9.69. The van der Waals surface area contributed by atoms with Gasteiger partial charge < -0.3 is 24.5 Å². The Hall–Kier alpha value is -4.09. The van der Waals surface area contributed by atoms with Crippen molar-refractivity contribution in [2.24, 2.45) is 0 Å². The molecular formula is C33H44FN6O8P. The van der Waals surface area contributed by atoms with Gasteiger partial charge in [-0.3, -0.25) is 18.7 Å². The Morgan fingerprint density at radius 1 is 1.18 bits per heavy atom. The summed E-state index contributed by atoms with van der Waals surface area (Å²) < 4.78 is 59.0. The van der Waals surface area contributed by atoms with E-state index in [1.165, 1.54) is 17.8 Å². The molecule has 0 saturated carbocycles. The second-order valence-corrected chi connectivity index (χ2v) is 13.7. The highest BCUT2D eigenvalue weighted by Gasteiger charge is 2.53. The van der Waals surface area contributed by atoms with Gasteiger partial charge >= 0.3 is 25.8 Å². The number of carbonyl (C=O) groups excluding carboxylic acids is 2. The number of rotatable bonds is 18. The Bertz CT molecular complexity index is 1670. The number of nitrogens with zero attached hydrogens (tertiary/aromatic N) is 4. The van der Waals surface area contributed by atoms with Gasteiger partial charge in [0.2, 0.25) is 0 Å². The number of benzene rings is 1. The Labute approximate surface area is 285 Å². The van der Waals surface area contributed by atoms with Crippen LogP contribution in [0.4, 0.5) is 10.2 Å². The lowest BCUT2D eigenvalue weighted by Crippen LogP contribution is -2.45. The number of anilines is 1. The Morgan fingerprint density at radius 3 is 2.59 bits per heavy atom. The summed E-state index contributed by atoms with van der Waals surface area (Å²) in [6, 6.07) is 7.05. The fourth-order valence-electron chi connectivity index (χ4n) is 5.25. The fourth-order valence-corrected chi connectivity index (χ4v) is 6.77. The SMILES string of the molecule is C#C[C@]1(CO[P@@](=O)(NC(C)C(=O)OC(C)C)Oc2ccccc2)O[C@@H](n2cnc3c(N)nc(F)nc32)C[C@@H]1OC(=O)CCCCCCCC. The number of imidazole rings is 1. The zero-order valence-electron chi connectivity index (χ0n) is 28.2. The van der Waals surface area contributed by atoms with Crippen LogP contribution in [0.1, 0.15) is 85.3 Å². The van der Waals surface area contributed by atoms with Gasteiger partial charge in [-0.1, -0.05) is 63.1 Å². The molecule has 1 aliphatic heterocycles. The Balaban J connectivity index is 1.61. The molecule has 0 bridgehead atoms. The molecule has 14 nitrogen and oxygen atoms in total. The minimum atomic E-state index is -4.40. The van der Waals surface area contributed by atoms with Crippen LogP contribution < -0.4 is 15.3 Å². The summed E-state index contributed by atoms with van der Waals surface area (Å²) in [4.78, 5) is 37.3. The first kappa shape index (κ1) is 37.7. The first-order valence-electron chi connectivity index (χ1n) is 16.4. The standard InChI is InChI=1S/C33H44FN6O8P/c1-6-8-9-10-11-15-18-27(41)46-25-19-26(40-21-36-28-29(35)37-32(34)38-30(28)40)47-33(25,7-2)20-44-49(43,48-24-16-13-12-14-17-24)39-23(5)31(42)45-22(3)4/h2,12-14,16-17,21-23,25-26H,6,8-11,15,18-20H2,1,3-5H3,(H,39,43)(H2,35,37,38)/t23?,25-,26+,33+,49-/m0/s1. The predicted octanol–water partition coefficient (Wildman–Crippen LogP) is 5.63. The summed E-state index contributed by atoms with van der Waals surface area (Å²) in [6.45, 7) is 6.31. The van der Waals surface area contributed by atoms with Gasteiger partial charge in [0.15, 0.2) is 22.6 Å². The van der Waals surface area contributed by atoms with Gasteiger partial charge in [0.05, 0.1) is 12.4 Å². The zero-order chi connectivity index (χ0) is 35.6. The number of unbranched alkanes of at least 4 members (excludes halogenated alkanes) is 5. The van der Waals surface area contributed by atoms with Crippen LogP contribution in [-0.2, 0) is 32.9 Å². The van der Waals surface area contributed by atoms with Gasteiger partial charge in [-0.2, -0.15) is 19.4 Å². The highest BCUT2D eigenvalue weighted by molar-refractivity contribution is 7.52. The largest absolute Gasteiger partial charge is 0.462 e. The molecular weight excluding hydrogens is 658 g/mol. The average Bonchev–Trinajstić information content (AvgIpc) is 3.63. The Kier molecular flexibility index (Phi) is 13.1. The highest BCUT2D eigenvalue weighted by Crippen LogP contribution is 2.48. The number of nitrogens with two attached hydrogens (primary N) is 1. The normalized spacial score (nSPS) is 20.8. The second kappa shape index (κ2) is 17.0. The van der Waals surface area contributed by atoms with Crippen molar-refractivity contribution >= 4 is 36.7 Å². The van der Waals surface area contributed by atoms with Gasteiger partial charge in [0, 0.05) is 12.8 Å². The summed E-state index contributed by atoms with van der Waals surface area (Å²) in [7, 11) is -4.40. The number of nitrogen functional groups attached to an aromatic ring is 1. The molecule has 1 fully saturated rings. The quantitative estimate of drug-likeness (QED) is 0.0548. The average molecular weight is 703 g/mol. The van der Waals surface area contributed by atoms with Crippen molar-refractivity contribution < 1.29 is 41.8 Å². The number of esters is 2. The van der Waals surface area contributed by atoms with Crippen LogP contribution in [-0.4, -0.2) is 61.9 Å². The summed E-state index contributed by atoms with van der Waals surface area (Å²) in [5.74, 6) is 1.33.